The van der Waals surface area contributed by atoms with Crippen LogP contribution in [0.25, 0.3) is 5.78 Å². The van der Waals surface area contributed by atoms with Crippen LogP contribution < -0.4 is 5.32 Å². The van der Waals surface area contributed by atoms with E-state index in [2.05, 4.69) is 34.2 Å². The maximum atomic E-state index is 12.4. The zero-order valence-corrected chi connectivity index (χ0v) is 15.6. The predicted molar refractivity (Wildman–Crippen MR) is 94.5 cm³/mol. The lowest BCUT2D eigenvalue weighted by Crippen LogP contribution is -2.47. The van der Waals surface area contributed by atoms with Crippen LogP contribution in [-0.2, 0) is 9.53 Å². The molecule has 0 saturated heterocycles. The normalized spacial score (nSPS) is 24.2. The topological polar surface area (TPSA) is 98.5 Å². The van der Waals surface area contributed by atoms with E-state index in [0.717, 1.165) is 18.5 Å². The Balaban J connectivity index is 1.62. The van der Waals surface area contributed by atoms with Crippen LogP contribution in [0.4, 0.5) is 0 Å². The second-order valence-electron chi connectivity index (χ2n) is 7.16. The highest BCUT2D eigenvalue weighted by molar-refractivity contribution is 5.89. The molecule has 4 atom stereocenters. The Labute approximate surface area is 152 Å². The van der Waals surface area contributed by atoms with Crippen molar-refractivity contribution in [2.75, 3.05) is 0 Å². The Morgan fingerprint density at radius 1 is 1.35 bits per heavy atom. The smallest absolute Gasteiger partial charge is 0.379 e. The number of nitrogens with zero attached hydrogens (tertiary/aromatic N) is 4. The molecule has 0 bridgehead atoms. The number of hydrogen-bond acceptors (Lipinski definition) is 6. The minimum Gasteiger partial charge on any atom is -0.447 e. The third-order valence-corrected chi connectivity index (χ3v) is 5.30. The van der Waals surface area contributed by atoms with E-state index in [1.54, 1.807) is 19.2 Å². The maximum absolute atomic E-state index is 12.4. The molecule has 8 heteroatoms. The van der Waals surface area contributed by atoms with E-state index < -0.39 is 12.1 Å². The molecule has 1 saturated carbocycles. The number of nitrogens with one attached hydrogen (secondary N) is 1. The molecule has 3 rings (SSSR count). The highest BCUT2D eigenvalue weighted by atomic mass is 16.5. The molecule has 2 heterocycles. The van der Waals surface area contributed by atoms with E-state index in [9.17, 15) is 9.59 Å². The SMILES string of the molecule is Cc1ccnc2nc(C(=O)O[C@H](C)C(=O)N[C@@H]3CCC[C@@H](C)[C@@H]3C)nn12. The second-order valence-corrected chi connectivity index (χ2v) is 7.16. The molecule has 2 aromatic heterocycles. The molecule has 1 N–H and O–H groups in total. The molecule has 2 aromatic rings. The number of amides is 1. The number of aryl methyl sites for hydroxylation is 1. The number of carbonyl (C=O) groups is 2. The molecule has 1 fully saturated rings. The summed E-state index contributed by atoms with van der Waals surface area (Å²) in [7, 11) is 0. The number of fused-ring (bicyclic) bond motifs is 1. The van der Waals surface area contributed by atoms with Crippen molar-refractivity contribution in [3.05, 3.63) is 23.8 Å². The molecule has 1 amide bonds. The van der Waals surface area contributed by atoms with Crippen molar-refractivity contribution in [3.63, 3.8) is 0 Å². The van der Waals surface area contributed by atoms with E-state index in [1.165, 1.54) is 10.9 Å². The molecular weight excluding hydrogens is 334 g/mol. The molecule has 0 aliphatic heterocycles. The largest absolute Gasteiger partial charge is 0.447 e. The van der Waals surface area contributed by atoms with Gasteiger partial charge >= 0.3 is 5.97 Å². The van der Waals surface area contributed by atoms with Crippen LogP contribution in [0.5, 0.6) is 0 Å². The van der Waals surface area contributed by atoms with E-state index in [4.69, 9.17) is 4.74 Å². The zero-order valence-electron chi connectivity index (χ0n) is 15.6. The number of rotatable bonds is 4. The fourth-order valence-corrected chi connectivity index (χ4v) is 3.35. The maximum Gasteiger partial charge on any atom is 0.379 e. The van der Waals surface area contributed by atoms with Crippen LogP contribution in [0.15, 0.2) is 12.3 Å². The first-order valence-electron chi connectivity index (χ1n) is 9.06. The van der Waals surface area contributed by atoms with Gasteiger partial charge in [-0.15, -0.1) is 5.10 Å². The van der Waals surface area contributed by atoms with Gasteiger partial charge in [-0.2, -0.15) is 4.98 Å². The highest BCUT2D eigenvalue weighted by Gasteiger charge is 2.30. The Morgan fingerprint density at radius 3 is 2.85 bits per heavy atom. The van der Waals surface area contributed by atoms with Crippen molar-refractivity contribution in [1.82, 2.24) is 24.9 Å². The number of ether oxygens (including phenoxy) is 1. The minimum absolute atomic E-state index is 0.105. The first-order valence-corrected chi connectivity index (χ1v) is 9.06. The van der Waals surface area contributed by atoms with Gasteiger partial charge in [-0.3, -0.25) is 4.79 Å². The average molecular weight is 359 g/mol. The predicted octanol–water partition coefficient (Wildman–Crippen LogP) is 1.92. The number of aromatic nitrogens is 4. The molecule has 0 spiro atoms. The van der Waals surface area contributed by atoms with E-state index in [1.807, 2.05) is 6.92 Å². The molecular formula is C18H25N5O3. The Morgan fingerprint density at radius 2 is 2.12 bits per heavy atom. The molecule has 0 aromatic carbocycles. The first-order chi connectivity index (χ1) is 12.4. The van der Waals surface area contributed by atoms with Crippen LogP contribution in [0, 0.1) is 18.8 Å². The summed E-state index contributed by atoms with van der Waals surface area (Å²) in [5, 5.41) is 7.12. The summed E-state index contributed by atoms with van der Waals surface area (Å²) in [4.78, 5) is 32.8. The van der Waals surface area contributed by atoms with Gasteiger partial charge in [0.15, 0.2) is 6.10 Å². The van der Waals surface area contributed by atoms with Gasteiger partial charge in [-0.1, -0.05) is 26.7 Å². The Kier molecular flexibility index (Phi) is 5.20. The molecule has 8 nitrogen and oxygen atoms in total. The molecule has 0 unspecified atom stereocenters. The van der Waals surface area contributed by atoms with Crippen LogP contribution >= 0.6 is 0 Å². The van der Waals surface area contributed by atoms with Crippen molar-refractivity contribution in [1.29, 1.82) is 0 Å². The van der Waals surface area contributed by atoms with Gasteiger partial charge in [0.2, 0.25) is 0 Å². The van der Waals surface area contributed by atoms with Gasteiger partial charge in [0.05, 0.1) is 0 Å². The lowest BCUT2D eigenvalue weighted by atomic mass is 9.78. The van der Waals surface area contributed by atoms with Crippen molar-refractivity contribution in [3.8, 4) is 0 Å². The van der Waals surface area contributed by atoms with E-state index >= 15 is 0 Å². The van der Waals surface area contributed by atoms with Gasteiger partial charge in [0.1, 0.15) is 0 Å². The molecule has 140 valence electrons. The fraction of sp³-hybridized carbons (Fsp3) is 0.611. The van der Waals surface area contributed by atoms with Crippen LogP contribution in [0.2, 0.25) is 0 Å². The fourth-order valence-electron chi connectivity index (χ4n) is 3.35. The quantitative estimate of drug-likeness (QED) is 0.838. The van der Waals surface area contributed by atoms with Crippen LogP contribution in [0.3, 0.4) is 0 Å². The first kappa shape index (κ1) is 18.3. The van der Waals surface area contributed by atoms with Crippen LogP contribution in [0.1, 0.15) is 56.3 Å². The molecule has 1 aliphatic carbocycles. The van der Waals surface area contributed by atoms with E-state index in [-0.39, 0.29) is 17.8 Å². The van der Waals surface area contributed by atoms with E-state index in [0.29, 0.717) is 17.6 Å². The summed E-state index contributed by atoms with van der Waals surface area (Å²) >= 11 is 0. The van der Waals surface area contributed by atoms with Gasteiger partial charge in [-0.05, 0) is 38.2 Å². The molecule has 26 heavy (non-hydrogen) atoms. The van der Waals surface area contributed by atoms with Crippen LogP contribution in [-0.4, -0.2) is 43.6 Å². The lowest BCUT2D eigenvalue weighted by Gasteiger charge is -2.35. The molecule has 1 aliphatic rings. The van der Waals surface area contributed by atoms with Crippen molar-refractivity contribution < 1.29 is 14.3 Å². The standard InChI is InChI=1S/C18H25N5O3/c1-10-6-5-7-14(12(10)3)20-16(24)13(4)26-17(25)15-21-18-19-9-8-11(2)23(18)22-15/h8-10,12-14H,5-7H2,1-4H3,(H,20,24)/t10-,12+,13-,14-/m1/s1. The monoisotopic (exact) mass is 359 g/mol. The van der Waals surface area contributed by atoms with Gasteiger partial charge in [0.25, 0.3) is 17.5 Å². The molecule has 0 radical (unpaired) electrons. The third-order valence-electron chi connectivity index (χ3n) is 5.30. The number of hydrogen-bond donors (Lipinski definition) is 1. The number of esters is 1. The zero-order chi connectivity index (χ0) is 18.8. The minimum atomic E-state index is -0.910. The summed E-state index contributed by atoms with van der Waals surface area (Å²) in [6.07, 6.45) is 3.92. The van der Waals surface area contributed by atoms with Crippen molar-refractivity contribution >= 4 is 17.7 Å². The summed E-state index contributed by atoms with van der Waals surface area (Å²) < 4.78 is 6.72. The second kappa shape index (κ2) is 7.39. The lowest BCUT2D eigenvalue weighted by molar-refractivity contribution is -0.130. The van der Waals surface area contributed by atoms with Crippen molar-refractivity contribution in [2.24, 2.45) is 11.8 Å². The highest BCUT2D eigenvalue weighted by Crippen LogP contribution is 2.29. The van der Waals surface area contributed by atoms with Gasteiger partial charge in [0, 0.05) is 17.9 Å². The summed E-state index contributed by atoms with van der Waals surface area (Å²) in [6.45, 7) is 7.75. The average Bonchev–Trinajstić information content (AvgIpc) is 3.04. The number of carbonyl (C=O) groups excluding carboxylic acids is 2. The summed E-state index contributed by atoms with van der Waals surface area (Å²) in [5.41, 5.74) is 0.799. The third kappa shape index (κ3) is 3.68. The van der Waals surface area contributed by atoms with Gasteiger partial charge in [-0.25, -0.2) is 14.3 Å². The Hall–Kier alpha value is -2.51. The van der Waals surface area contributed by atoms with Gasteiger partial charge < -0.3 is 10.1 Å². The Bertz CT molecular complexity index is 818. The van der Waals surface area contributed by atoms with Crippen molar-refractivity contribution in [2.45, 2.75) is 59.1 Å². The summed E-state index contributed by atoms with van der Waals surface area (Å²) in [6, 6.07) is 1.88. The summed E-state index contributed by atoms with van der Waals surface area (Å²) in [5.74, 6) is 0.171.